The second kappa shape index (κ2) is 6.84. The Bertz CT molecular complexity index is 597. The van der Waals surface area contributed by atoms with E-state index in [9.17, 15) is 0 Å². The lowest BCUT2D eigenvalue weighted by Gasteiger charge is -2.18. The molecular weight excluding hydrogens is 260 g/mol. The van der Waals surface area contributed by atoms with E-state index in [1.807, 2.05) is 48.5 Å². The summed E-state index contributed by atoms with van der Waals surface area (Å²) >= 11 is 0. The summed E-state index contributed by atoms with van der Waals surface area (Å²) in [6.45, 7) is 6.57. The zero-order valence-corrected chi connectivity index (χ0v) is 12.7. The molecule has 0 aliphatic rings. The molecule has 0 N–H and O–H groups in total. The monoisotopic (exact) mass is 280 g/mol. The van der Waals surface area contributed by atoms with Gasteiger partial charge in [-0.25, -0.2) is 0 Å². The second-order valence-corrected chi connectivity index (χ2v) is 5.73. The molecule has 0 amide bonds. The van der Waals surface area contributed by atoms with Crippen molar-refractivity contribution in [2.24, 2.45) is 0 Å². The third-order valence-electron chi connectivity index (χ3n) is 3.02. The largest absolute Gasteiger partial charge is 0.423 e. The van der Waals surface area contributed by atoms with Gasteiger partial charge in [-0.05, 0) is 23.1 Å². The molecule has 0 aliphatic heterocycles. The van der Waals surface area contributed by atoms with Gasteiger partial charge in [0.15, 0.2) is 0 Å². The lowest BCUT2D eigenvalue weighted by Crippen LogP contribution is -2.10. The molecule has 0 bridgehead atoms. The fourth-order valence-electron chi connectivity index (χ4n) is 1.80. The molecule has 0 unspecified atom stereocenters. The van der Waals surface area contributed by atoms with Crippen LogP contribution in [0.25, 0.3) is 11.5 Å². The van der Waals surface area contributed by atoms with Gasteiger partial charge in [0.25, 0.3) is 0 Å². The van der Waals surface area contributed by atoms with Crippen molar-refractivity contribution in [3.05, 3.63) is 72.6 Å². The van der Waals surface area contributed by atoms with Crippen molar-refractivity contribution in [3.8, 4) is 11.5 Å². The van der Waals surface area contributed by atoms with Crippen LogP contribution in [0.15, 0.2) is 71.5 Å². The van der Waals surface area contributed by atoms with Gasteiger partial charge in [0.05, 0.1) is 0 Å². The molecule has 2 aromatic carbocycles. The van der Waals surface area contributed by atoms with Gasteiger partial charge in [0.2, 0.25) is 12.3 Å². The lowest BCUT2D eigenvalue weighted by atomic mass is 9.87. The molecule has 3 aromatic rings. The quantitative estimate of drug-likeness (QED) is 0.647. The van der Waals surface area contributed by atoms with Crippen LogP contribution < -0.4 is 0 Å². The van der Waals surface area contributed by atoms with Crippen molar-refractivity contribution >= 4 is 0 Å². The highest BCUT2D eigenvalue weighted by Crippen LogP contribution is 2.24. The Kier molecular flexibility index (Phi) is 4.88. The Morgan fingerprint density at radius 3 is 1.71 bits per heavy atom. The van der Waals surface area contributed by atoms with Crippen LogP contribution in [0.2, 0.25) is 0 Å². The lowest BCUT2D eigenvalue weighted by molar-refractivity contribution is 0.568. The Hall–Kier alpha value is -2.42. The SMILES string of the molecule is CC(C)(C)c1ccc(-c2nnco2)cc1.c1ccccc1. The van der Waals surface area contributed by atoms with Crippen molar-refractivity contribution < 1.29 is 4.42 Å². The van der Waals surface area contributed by atoms with Crippen molar-refractivity contribution in [1.29, 1.82) is 0 Å². The van der Waals surface area contributed by atoms with Crippen molar-refractivity contribution in [2.75, 3.05) is 0 Å². The van der Waals surface area contributed by atoms with Crippen molar-refractivity contribution in [3.63, 3.8) is 0 Å². The molecule has 1 heterocycles. The standard InChI is InChI=1S/C12H14N2O.C6H6/c1-12(2,3)10-6-4-9(5-7-10)11-14-13-8-15-11;1-2-4-6-5-3-1/h4-8H,1-3H3;1-6H. The number of hydrogen-bond donors (Lipinski definition) is 0. The molecule has 0 atom stereocenters. The third-order valence-corrected chi connectivity index (χ3v) is 3.02. The van der Waals surface area contributed by atoms with Crippen LogP contribution in [0.4, 0.5) is 0 Å². The van der Waals surface area contributed by atoms with Crippen LogP contribution in [0, 0.1) is 0 Å². The van der Waals surface area contributed by atoms with Crippen LogP contribution in [0.5, 0.6) is 0 Å². The average molecular weight is 280 g/mol. The highest BCUT2D eigenvalue weighted by molar-refractivity contribution is 5.53. The molecule has 0 saturated heterocycles. The van der Waals surface area contributed by atoms with E-state index >= 15 is 0 Å². The molecule has 0 spiro atoms. The predicted octanol–water partition coefficient (Wildman–Crippen LogP) is 4.72. The zero-order chi connectivity index (χ0) is 15.1. The summed E-state index contributed by atoms with van der Waals surface area (Å²) in [5, 5.41) is 7.51. The third kappa shape index (κ3) is 4.56. The van der Waals surface area contributed by atoms with E-state index in [0.717, 1.165) is 5.56 Å². The molecule has 3 heteroatoms. The first-order valence-electron chi connectivity index (χ1n) is 6.94. The molecule has 0 fully saturated rings. The van der Waals surface area contributed by atoms with Gasteiger partial charge in [-0.1, -0.05) is 69.3 Å². The Labute approximate surface area is 125 Å². The molecule has 108 valence electrons. The van der Waals surface area contributed by atoms with Crippen LogP contribution in [0.1, 0.15) is 26.3 Å². The average Bonchev–Trinajstić information content (AvgIpc) is 3.03. The van der Waals surface area contributed by atoms with Gasteiger partial charge in [0.1, 0.15) is 0 Å². The first-order valence-corrected chi connectivity index (χ1v) is 6.94. The minimum Gasteiger partial charge on any atom is -0.423 e. The van der Waals surface area contributed by atoms with Crippen LogP contribution in [0.3, 0.4) is 0 Å². The Morgan fingerprint density at radius 2 is 1.33 bits per heavy atom. The van der Waals surface area contributed by atoms with Crippen LogP contribution in [-0.4, -0.2) is 10.2 Å². The summed E-state index contributed by atoms with van der Waals surface area (Å²) in [6, 6.07) is 20.2. The molecule has 1 aromatic heterocycles. The first-order chi connectivity index (χ1) is 10.1. The van der Waals surface area contributed by atoms with Gasteiger partial charge in [-0.15, -0.1) is 10.2 Å². The summed E-state index contributed by atoms with van der Waals surface area (Å²) in [6.07, 6.45) is 1.34. The molecule has 0 aliphatic carbocycles. The number of hydrogen-bond acceptors (Lipinski definition) is 3. The maximum Gasteiger partial charge on any atom is 0.247 e. The highest BCUT2D eigenvalue weighted by atomic mass is 16.4. The number of aromatic nitrogens is 2. The molecule has 0 saturated carbocycles. The number of rotatable bonds is 1. The summed E-state index contributed by atoms with van der Waals surface area (Å²) in [4.78, 5) is 0. The molecule has 0 radical (unpaired) electrons. The van der Waals surface area contributed by atoms with Crippen LogP contribution in [-0.2, 0) is 5.41 Å². The summed E-state index contributed by atoms with van der Waals surface area (Å²) in [7, 11) is 0. The van der Waals surface area contributed by atoms with Gasteiger partial charge in [-0.3, -0.25) is 0 Å². The first kappa shape index (κ1) is 15.0. The minimum atomic E-state index is 0.174. The smallest absolute Gasteiger partial charge is 0.247 e. The predicted molar refractivity (Wildman–Crippen MR) is 84.9 cm³/mol. The maximum absolute atomic E-state index is 5.12. The summed E-state index contributed by atoms with van der Waals surface area (Å²) in [5.74, 6) is 0.565. The van der Waals surface area contributed by atoms with E-state index in [-0.39, 0.29) is 5.41 Å². The zero-order valence-electron chi connectivity index (χ0n) is 12.7. The van der Waals surface area contributed by atoms with E-state index in [2.05, 4.69) is 43.1 Å². The normalized spacial score (nSPS) is 10.6. The number of nitrogens with zero attached hydrogens (tertiary/aromatic N) is 2. The van der Waals surface area contributed by atoms with Gasteiger partial charge < -0.3 is 4.42 Å². The van der Waals surface area contributed by atoms with E-state index in [4.69, 9.17) is 4.42 Å². The fourth-order valence-corrected chi connectivity index (χ4v) is 1.80. The maximum atomic E-state index is 5.12. The van der Waals surface area contributed by atoms with E-state index in [0.29, 0.717) is 5.89 Å². The van der Waals surface area contributed by atoms with E-state index in [1.54, 1.807) is 0 Å². The Balaban J connectivity index is 0.000000225. The Morgan fingerprint density at radius 1 is 0.810 bits per heavy atom. The molecule has 3 rings (SSSR count). The van der Waals surface area contributed by atoms with Crippen molar-refractivity contribution in [2.45, 2.75) is 26.2 Å². The summed E-state index contributed by atoms with van der Waals surface area (Å²) < 4.78 is 5.12. The van der Waals surface area contributed by atoms with E-state index < -0.39 is 0 Å². The minimum absolute atomic E-state index is 0.174. The van der Waals surface area contributed by atoms with Crippen molar-refractivity contribution in [1.82, 2.24) is 10.2 Å². The highest BCUT2D eigenvalue weighted by Gasteiger charge is 2.13. The van der Waals surface area contributed by atoms with Gasteiger partial charge in [0, 0.05) is 5.56 Å². The second-order valence-electron chi connectivity index (χ2n) is 5.73. The number of benzene rings is 2. The molecule has 21 heavy (non-hydrogen) atoms. The molecular formula is C18H20N2O. The van der Waals surface area contributed by atoms with Crippen LogP contribution >= 0.6 is 0 Å². The summed E-state index contributed by atoms with van der Waals surface area (Å²) in [5.41, 5.74) is 2.43. The topological polar surface area (TPSA) is 38.9 Å². The van der Waals surface area contributed by atoms with E-state index in [1.165, 1.54) is 12.0 Å². The fraction of sp³-hybridized carbons (Fsp3) is 0.222. The molecule has 3 nitrogen and oxygen atoms in total. The van der Waals surface area contributed by atoms with Gasteiger partial charge >= 0.3 is 0 Å². The van der Waals surface area contributed by atoms with Gasteiger partial charge in [-0.2, -0.15) is 0 Å².